The van der Waals surface area contributed by atoms with Crippen molar-refractivity contribution < 1.29 is 17.9 Å². The van der Waals surface area contributed by atoms with Crippen LogP contribution in [0.1, 0.15) is 29.6 Å². The predicted molar refractivity (Wildman–Crippen MR) is 99.2 cm³/mol. The third-order valence-electron chi connectivity index (χ3n) is 4.84. The first-order valence-electron chi connectivity index (χ1n) is 8.88. The highest BCUT2D eigenvalue weighted by Gasteiger charge is 2.42. The summed E-state index contributed by atoms with van der Waals surface area (Å²) in [4.78, 5) is 14.9. The van der Waals surface area contributed by atoms with Gasteiger partial charge in [-0.25, -0.2) is 8.42 Å². The van der Waals surface area contributed by atoms with E-state index in [0.29, 0.717) is 23.5 Å². The fourth-order valence-corrected chi connectivity index (χ4v) is 5.15. The van der Waals surface area contributed by atoms with Crippen LogP contribution in [0.4, 0.5) is 0 Å². The van der Waals surface area contributed by atoms with Gasteiger partial charge in [-0.05, 0) is 49.6 Å². The lowest BCUT2D eigenvalue weighted by Gasteiger charge is -2.28. The topological polar surface area (TPSA) is 63.7 Å². The minimum Gasteiger partial charge on any atom is -0.457 e. The SMILES string of the molecule is O=C(c1cccc(Oc2ccccc2)c1)N(C1CC1)[C@H]1CCS(=O)(=O)C1. The van der Waals surface area contributed by atoms with Crippen LogP contribution in [-0.2, 0) is 9.84 Å². The molecule has 0 aromatic heterocycles. The summed E-state index contributed by atoms with van der Waals surface area (Å²) in [6.45, 7) is 0. The van der Waals surface area contributed by atoms with Crippen LogP contribution in [0.25, 0.3) is 0 Å². The highest BCUT2D eigenvalue weighted by Crippen LogP contribution is 2.34. The zero-order chi connectivity index (χ0) is 18.1. The quantitative estimate of drug-likeness (QED) is 0.809. The first-order chi connectivity index (χ1) is 12.5. The van der Waals surface area contributed by atoms with Crippen molar-refractivity contribution in [2.45, 2.75) is 31.3 Å². The van der Waals surface area contributed by atoms with E-state index in [0.717, 1.165) is 12.8 Å². The zero-order valence-electron chi connectivity index (χ0n) is 14.4. The Hall–Kier alpha value is -2.34. The molecular weight excluding hydrogens is 350 g/mol. The third-order valence-corrected chi connectivity index (χ3v) is 6.59. The Labute approximate surface area is 153 Å². The second kappa shape index (κ2) is 6.76. The van der Waals surface area contributed by atoms with Crippen molar-refractivity contribution in [1.29, 1.82) is 0 Å². The molecule has 5 nitrogen and oxygen atoms in total. The van der Waals surface area contributed by atoms with E-state index in [-0.39, 0.29) is 29.5 Å². The number of para-hydroxylation sites is 1. The summed E-state index contributed by atoms with van der Waals surface area (Å²) in [6, 6.07) is 16.5. The van der Waals surface area contributed by atoms with E-state index in [2.05, 4.69) is 0 Å². The average molecular weight is 371 g/mol. The van der Waals surface area contributed by atoms with Gasteiger partial charge in [0.25, 0.3) is 5.91 Å². The molecule has 2 aromatic carbocycles. The van der Waals surface area contributed by atoms with Crippen LogP contribution in [-0.4, -0.2) is 42.8 Å². The van der Waals surface area contributed by atoms with E-state index in [1.54, 1.807) is 23.1 Å². The van der Waals surface area contributed by atoms with Gasteiger partial charge in [-0.2, -0.15) is 0 Å². The van der Waals surface area contributed by atoms with E-state index in [4.69, 9.17) is 4.74 Å². The summed E-state index contributed by atoms with van der Waals surface area (Å²) in [7, 11) is -3.03. The number of rotatable bonds is 5. The number of hydrogen-bond acceptors (Lipinski definition) is 4. The molecule has 1 aliphatic carbocycles. The second-order valence-corrected chi connectivity index (χ2v) is 9.17. The molecule has 0 spiro atoms. The third kappa shape index (κ3) is 3.75. The van der Waals surface area contributed by atoms with Crippen molar-refractivity contribution >= 4 is 15.7 Å². The van der Waals surface area contributed by atoms with Gasteiger partial charge in [0.05, 0.1) is 11.5 Å². The number of carbonyl (C=O) groups is 1. The molecule has 1 saturated carbocycles. The van der Waals surface area contributed by atoms with Gasteiger partial charge in [0.2, 0.25) is 0 Å². The number of sulfone groups is 1. The van der Waals surface area contributed by atoms with E-state index >= 15 is 0 Å². The van der Waals surface area contributed by atoms with Crippen molar-refractivity contribution in [1.82, 2.24) is 4.90 Å². The highest BCUT2D eigenvalue weighted by atomic mass is 32.2. The van der Waals surface area contributed by atoms with Crippen molar-refractivity contribution in [3.63, 3.8) is 0 Å². The molecule has 1 saturated heterocycles. The molecule has 136 valence electrons. The molecule has 2 aromatic rings. The van der Waals surface area contributed by atoms with Gasteiger partial charge in [0.1, 0.15) is 11.5 Å². The van der Waals surface area contributed by atoms with Gasteiger partial charge in [0, 0.05) is 17.6 Å². The Bertz CT molecular complexity index is 906. The average Bonchev–Trinajstić information content (AvgIpc) is 3.39. The largest absolute Gasteiger partial charge is 0.457 e. The van der Waals surface area contributed by atoms with Gasteiger partial charge in [-0.1, -0.05) is 24.3 Å². The molecule has 4 rings (SSSR count). The summed E-state index contributed by atoms with van der Waals surface area (Å²) < 4.78 is 29.5. The minimum atomic E-state index is -3.03. The molecule has 26 heavy (non-hydrogen) atoms. The van der Waals surface area contributed by atoms with Crippen molar-refractivity contribution in [2.24, 2.45) is 0 Å². The number of benzene rings is 2. The Morgan fingerprint density at radius 2 is 1.65 bits per heavy atom. The van der Waals surface area contributed by atoms with Gasteiger partial charge >= 0.3 is 0 Å². The number of amides is 1. The van der Waals surface area contributed by atoms with Gasteiger partial charge in [-0.15, -0.1) is 0 Å². The maximum Gasteiger partial charge on any atom is 0.254 e. The molecular formula is C20H21NO4S. The molecule has 2 aliphatic rings. The number of nitrogens with zero attached hydrogens (tertiary/aromatic N) is 1. The van der Waals surface area contributed by atoms with E-state index in [1.165, 1.54) is 0 Å². The van der Waals surface area contributed by atoms with Crippen LogP contribution in [0, 0.1) is 0 Å². The molecule has 2 fully saturated rings. The van der Waals surface area contributed by atoms with Crippen molar-refractivity contribution in [3.8, 4) is 11.5 Å². The molecule has 1 atom stereocenters. The highest BCUT2D eigenvalue weighted by molar-refractivity contribution is 7.91. The monoisotopic (exact) mass is 371 g/mol. The molecule has 6 heteroatoms. The van der Waals surface area contributed by atoms with Gasteiger partial charge < -0.3 is 9.64 Å². The van der Waals surface area contributed by atoms with Crippen molar-refractivity contribution in [2.75, 3.05) is 11.5 Å². The number of ether oxygens (including phenoxy) is 1. The summed E-state index contributed by atoms with van der Waals surface area (Å²) in [6.07, 6.45) is 2.43. The molecule has 0 unspecified atom stereocenters. The van der Waals surface area contributed by atoms with Crippen molar-refractivity contribution in [3.05, 3.63) is 60.2 Å². The summed E-state index contributed by atoms with van der Waals surface area (Å²) in [5.74, 6) is 1.45. The van der Waals surface area contributed by atoms with Gasteiger partial charge in [-0.3, -0.25) is 4.79 Å². The lowest BCUT2D eigenvalue weighted by molar-refractivity contribution is 0.0680. The van der Waals surface area contributed by atoms with Crippen LogP contribution in [0.5, 0.6) is 11.5 Å². The lowest BCUT2D eigenvalue weighted by Crippen LogP contribution is -2.42. The standard InChI is InChI=1S/C20H21NO4S/c22-20(21(16-9-10-16)17-11-12-26(23,24)14-17)15-5-4-8-19(13-15)25-18-6-2-1-3-7-18/h1-8,13,16-17H,9-12,14H2/t17-/m0/s1. The number of carbonyl (C=O) groups excluding carboxylic acids is 1. The van der Waals surface area contributed by atoms with E-state index in [9.17, 15) is 13.2 Å². The molecule has 1 heterocycles. The maximum atomic E-state index is 13.1. The van der Waals surface area contributed by atoms with Crippen LogP contribution >= 0.6 is 0 Å². The molecule has 0 N–H and O–H groups in total. The second-order valence-electron chi connectivity index (χ2n) is 6.94. The maximum absolute atomic E-state index is 13.1. The molecule has 0 radical (unpaired) electrons. The van der Waals surface area contributed by atoms with Crippen LogP contribution < -0.4 is 4.74 Å². The Morgan fingerprint density at radius 3 is 2.31 bits per heavy atom. The fourth-order valence-electron chi connectivity index (χ4n) is 3.44. The Balaban J connectivity index is 1.56. The first kappa shape index (κ1) is 17.1. The Kier molecular flexibility index (Phi) is 4.44. The van der Waals surface area contributed by atoms with Crippen LogP contribution in [0.2, 0.25) is 0 Å². The summed E-state index contributed by atoms with van der Waals surface area (Å²) >= 11 is 0. The minimum absolute atomic E-state index is 0.0788. The first-order valence-corrected chi connectivity index (χ1v) is 10.7. The predicted octanol–water partition coefficient (Wildman–Crippen LogP) is 3.27. The Morgan fingerprint density at radius 1 is 0.923 bits per heavy atom. The van der Waals surface area contributed by atoms with Crippen LogP contribution in [0.3, 0.4) is 0 Å². The molecule has 0 bridgehead atoms. The molecule has 1 aliphatic heterocycles. The van der Waals surface area contributed by atoms with Crippen LogP contribution in [0.15, 0.2) is 54.6 Å². The van der Waals surface area contributed by atoms with E-state index < -0.39 is 9.84 Å². The van der Waals surface area contributed by atoms with Gasteiger partial charge in [0.15, 0.2) is 9.84 Å². The lowest BCUT2D eigenvalue weighted by atomic mass is 10.1. The van der Waals surface area contributed by atoms with E-state index in [1.807, 2.05) is 36.4 Å². The smallest absolute Gasteiger partial charge is 0.254 e. The number of hydrogen-bond donors (Lipinski definition) is 0. The molecule has 1 amide bonds. The normalized spacial score (nSPS) is 21.3. The fraction of sp³-hybridized carbons (Fsp3) is 0.350. The zero-order valence-corrected chi connectivity index (χ0v) is 15.2. The summed E-state index contributed by atoms with van der Waals surface area (Å²) in [5.41, 5.74) is 0.537. The summed E-state index contributed by atoms with van der Waals surface area (Å²) in [5, 5.41) is 0.